The van der Waals surface area contributed by atoms with Gasteiger partial charge in [0.2, 0.25) is 5.91 Å². The van der Waals surface area contributed by atoms with Crippen molar-refractivity contribution in [3.8, 4) is 0 Å². The molecule has 8 nitrogen and oxygen atoms in total. The topological polar surface area (TPSA) is 91.8 Å². The molecule has 1 aromatic carbocycles. The monoisotopic (exact) mass is 452 g/mol. The third kappa shape index (κ3) is 6.09. The first kappa shape index (κ1) is 24.2. The molecule has 33 heavy (non-hydrogen) atoms. The first-order chi connectivity index (χ1) is 15.8. The van der Waals surface area contributed by atoms with Crippen LogP contribution < -0.4 is 10.2 Å². The second-order valence-electron chi connectivity index (χ2n) is 8.50. The molecule has 0 saturated carbocycles. The number of benzene rings is 1. The fourth-order valence-electron chi connectivity index (χ4n) is 3.70. The lowest BCUT2D eigenvalue weighted by atomic mass is 10.0. The lowest BCUT2D eigenvalue weighted by Gasteiger charge is -2.37. The SMILES string of the molecule is CCOC(=O)c1ccc(N2CCN(C(=O)C(NC(=O)c3ccc(C)cc3)C(C)C)CC2)nc1. The highest BCUT2D eigenvalue weighted by Crippen LogP contribution is 2.17. The van der Waals surface area contributed by atoms with Crippen LogP contribution in [-0.4, -0.2) is 66.5 Å². The minimum Gasteiger partial charge on any atom is -0.462 e. The van der Waals surface area contributed by atoms with Crippen molar-refractivity contribution >= 4 is 23.6 Å². The van der Waals surface area contributed by atoms with Crippen molar-refractivity contribution in [3.05, 3.63) is 59.3 Å². The van der Waals surface area contributed by atoms with Gasteiger partial charge in [-0.3, -0.25) is 9.59 Å². The summed E-state index contributed by atoms with van der Waals surface area (Å²) in [7, 11) is 0. The number of esters is 1. The maximum absolute atomic E-state index is 13.2. The standard InChI is InChI=1S/C25H32N4O4/c1-5-33-25(32)20-10-11-21(26-16-20)28-12-14-29(15-13-28)24(31)22(17(2)3)27-23(30)19-8-6-18(4)7-9-19/h6-11,16-17,22H,5,12-15H2,1-4H3,(H,27,30). The number of carbonyl (C=O) groups excluding carboxylic acids is 3. The molecule has 0 bridgehead atoms. The van der Waals surface area contributed by atoms with E-state index in [0.717, 1.165) is 11.4 Å². The maximum atomic E-state index is 13.2. The van der Waals surface area contributed by atoms with Crippen LogP contribution in [0.5, 0.6) is 0 Å². The van der Waals surface area contributed by atoms with Gasteiger partial charge in [-0.05, 0) is 44.0 Å². The van der Waals surface area contributed by atoms with Crippen molar-refractivity contribution in [3.63, 3.8) is 0 Å². The van der Waals surface area contributed by atoms with E-state index in [4.69, 9.17) is 4.74 Å². The number of aryl methyl sites for hydroxylation is 1. The Hall–Kier alpha value is -3.42. The molecular formula is C25H32N4O4. The van der Waals surface area contributed by atoms with E-state index in [1.165, 1.54) is 6.20 Å². The highest BCUT2D eigenvalue weighted by atomic mass is 16.5. The van der Waals surface area contributed by atoms with Crippen LogP contribution in [0.1, 0.15) is 47.1 Å². The Balaban J connectivity index is 1.59. The van der Waals surface area contributed by atoms with Crippen molar-refractivity contribution < 1.29 is 19.1 Å². The predicted molar refractivity (Wildman–Crippen MR) is 126 cm³/mol. The first-order valence-electron chi connectivity index (χ1n) is 11.3. The Morgan fingerprint density at radius 2 is 1.64 bits per heavy atom. The number of carbonyl (C=O) groups is 3. The largest absolute Gasteiger partial charge is 0.462 e. The van der Waals surface area contributed by atoms with Crippen LogP contribution in [0.15, 0.2) is 42.6 Å². The van der Waals surface area contributed by atoms with E-state index in [0.29, 0.717) is 43.9 Å². The molecule has 1 unspecified atom stereocenters. The molecule has 3 rings (SSSR count). The smallest absolute Gasteiger partial charge is 0.339 e. The molecule has 176 valence electrons. The third-order valence-electron chi connectivity index (χ3n) is 5.71. The molecule has 1 N–H and O–H groups in total. The molecule has 1 atom stereocenters. The molecule has 0 spiro atoms. The average molecular weight is 453 g/mol. The van der Waals surface area contributed by atoms with E-state index in [2.05, 4.69) is 15.2 Å². The molecule has 1 aliphatic rings. The molecule has 2 aromatic rings. The number of ether oxygens (including phenoxy) is 1. The number of rotatable bonds is 7. The van der Waals surface area contributed by atoms with E-state index >= 15 is 0 Å². The van der Waals surface area contributed by atoms with Crippen molar-refractivity contribution in [2.75, 3.05) is 37.7 Å². The molecule has 0 aliphatic carbocycles. The fourth-order valence-corrected chi connectivity index (χ4v) is 3.70. The zero-order valence-electron chi connectivity index (χ0n) is 19.7. The van der Waals surface area contributed by atoms with E-state index in [9.17, 15) is 14.4 Å². The summed E-state index contributed by atoms with van der Waals surface area (Å²) in [5.41, 5.74) is 2.03. The predicted octanol–water partition coefficient (Wildman–Crippen LogP) is 2.67. The summed E-state index contributed by atoms with van der Waals surface area (Å²) >= 11 is 0. The van der Waals surface area contributed by atoms with Crippen LogP contribution in [0.25, 0.3) is 0 Å². The number of nitrogens with zero attached hydrogens (tertiary/aromatic N) is 3. The number of hydrogen-bond acceptors (Lipinski definition) is 6. The Bertz CT molecular complexity index is 965. The number of amides is 2. The van der Waals surface area contributed by atoms with E-state index < -0.39 is 6.04 Å². The van der Waals surface area contributed by atoms with Crippen LogP contribution in [0.2, 0.25) is 0 Å². The second kappa shape index (κ2) is 10.9. The zero-order chi connectivity index (χ0) is 24.0. The molecule has 1 saturated heterocycles. The van der Waals surface area contributed by atoms with Crippen LogP contribution in [0, 0.1) is 12.8 Å². The van der Waals surface area contributed by atoms with Crippen molar-refractivity contribution in [1.82, 2.24) is 15.2 Å². The Labute approximate surface area is 194 Å². The molecule has 1 fully saturated rings. The zero-order valence-corrected chi connectivity index (χ0v) is 19.7. The Morgan fingerprint density at radius 3 is 2.18 bits per heavy atom. The van der Waals surface area contributed by atoms with Crippen molar-refractivity contribution in [1.29, 1.82) is 0 Å². The fraction of sp³-hybridized carbons (Fsp3) is 0.440. The molecule has 2 heterocycles. The highest BCUT2D eigenvalue weighted by molar-refractivity contribution is 5.97. The van der Waals surface area contributed by atoms with E-state index in [1.54, 1.807) is 36.1 Å². The lowest BCUT2D eigenvalue weighted by molar-refractivity contribution is -0.134. The summed E-state index contributed by atoms with van der Waals surface area (Å²) in [6.45, 7) is 10.2. The van der Waals surface area contributed by atoms with Crippen LogP contribution in [-0.2, 0) is 9.53 Å². The average Bonchev–Trinajstić information content (AvgIpc) is 2.82. The molecule has 1 aliphatic heterocycles. The summed E-state index contributed by atoms with van der Waals surface area (Å²) in [4.78, 5) is 45.9. The van der Waals surface area contributed by atoms with E-state index in [1.807, 2.05) is 32.9 Å². The molecule has 8 heteroatoms. The maximum Gasteiger partial charge on any atom is 0.339 e. The second-order valence-corrected chi connectivity index (χ2v) is 8.50. The number of aromatic nitrogens is 1. The number of pyridine rings is 1. The minimum atomic E-state index is -0.590. The van der Waals surface area contributed by atoms with Crippen molar-refractivity contribution in [2.45, 2.75) is 33.7 Å². The summed E-state index contributed by atoms with van der Waals surface area (Å²) in [5, 5.41) is 2.92. The Morgan fingerprint density at radius 1 is 1.00 bits per heavy atom. The quantitative estimate of drug-likeness (QED) is 0.650. The number of nitrogens with one attached hydrogen (secondary N) is 1. The van der Waals surface area contributed by atoms with E-state index in [-0.39, 0.29) is 23.7 Å². The van der Waals surface area contributed by atoms with Crippen molar-refractivity contribution in [2.24, 2.45) is 5.92 Å². The van der Waals surface area contributed by atoms with Crippen LogP contribution in [0.4, 0.5) is 5.82 Å². The summed E-state index contributed by atoms with van der Waals surface area (Å²) in [6, 6.07) is 10.2. The molecule has 0 radical (unpaired) electrons. The highest BCUT2D eigenvalue weighted by Gasteiger charge is 2.31. The molecular weight excluding hydrogens is 420 g/mol. The van der Waals surface area contributed by atoms with Gasteiger partial charge < -0.3 is 19.9 Å². The third-order valence-corrected chi connectivity index (χ3v) is 5.71. The first-order valence-corrected chi connectivity index (χ1v) is 11.3. The Kier molecular flexibility index (Phi) is 8.03. The van der Waals surface area contributed by atoms with Gasteiger partial charge in [-0.1, -0.05) is 31.5 Å². The van der Waals surface area contributed by atoms with Crippen LogP contribution >= 0.6 is 0 Å². The van der Waals surface area contributed by atoms with Gasteiger partial charge in [-0.25, -0.2) is 9.78 Å². The van der Waals surface area contributed by atoms with Gasteiger partial charge in [0.05, 0.1) is 12.2 Å². The summed E-state index contributed by atoms with van der Waals surface area (Å²) in [6.07, 6.45) is 1.51. The number of anilines is 1. The van der Waals surface area contributed by atoms with Gasteiger partial charge in [0, 0.05) is 37.9 Å². The van der Waals surface area contributed by atoms with Gasteiger partial charge in [-0.2, -0.15) is 0 Å². The van der Waals surface area contributed by atoms with Gasteiger partial charge in [0.15, 0.2) is 0 Å². The van der Waals surface area contributed by atoms with Gasteiger partial charge in [-0.15, -0.1) is 0 Å². The number of piperazine rings is 1. The summed E-state index contributed by atoms with van der Waals surface area (Å²) in [5.74, 6) is 0.00642. The normalized spacial score (nSPS) is 14.7. The van der Waals surface area contributed by atoms with Gasteiger partial charge in [0.1, 0.15) is 11.9 Å². The summed E-state index contributed by atoms with van der Waals surface area (Å²) < 4.78 is 4.99. The van der Waals surface area contributed by atoms with Gasteiger partial charge in [0.25, 0.3) is 5.91 Å². The van der Waals surface area contributed by atoms with Gasteiger partial charge >= 0.3 is 5.97 Å². The molecule has 1 aromatic heterocycles. The van der Waals surface area contributed by atoms with Crippen LogP contribution in [0.3, 0.4) is 0 Å². The molecule has 2 amide bonds. The minimum absolute atomic E-state index is 0.0398. The number of hydrogen-bond donors (Lipinski definition) is 1. The lowest BCUT2D eigenvalue weighted by Crippen LogP contribution is -2.56.